The summed E-state index contributed by atoms with van der Waals surface area (Å²) >= 11 is 0. The number of carbonyl (C=O) groups is 2. The molecule has 0 atom stereocenters. The molecule has 0 spiro atoms. The lowest BCUT2D eigenvalue weighted by Crippen LogP contribution is -2.23. The minimum Gasteiger partial charge on any atom is -0.497 e. The van der Waals surface area contributed by atoms with Crippen LogP contribution in [0.1, 0.15) is 21.6 Å². The highest BCUT2D eigenvalue weighted by Crippen LogP contribution is 2.17. The molecule has 0 aliphatic heterocycles. The lowest BCUT2D eigenvalue weighted by Gasteiger charge is -2.09. The number of aromatic nitrogens is 2. The van der Waals surface area contributed by atoms with Gasteiger partial charge in [0.25, 0.3) is 11.5 Å². The number of hydrogen-bond acceptors (Lipinski definition) is 4. The van der Waals surface area contributed by atoms with Crippen LogP contribution in [0, 0.1) is 6.92 Å². The molecule has 178 valence electrons. The molecule has 3 aromatic carbocycles. The third kappa shape index (κ3) is 5.16. The van der Waals surface area contributed by atoms with Gasteiger partial charge in [-0.05, 0) is 55.0 Å². The quantitative estimate of drug-likeness (QED) is 0.428. The first-order chi connectivity index (χ1) is 16.9. The minimum absolute atomic E-state index is 0.183. The number of para-hydroxylation sites is 1. The highest BCUT2D eigenvalue weighted by molar-refractivity contribution is 6.05. The standard InChI is InChI=1S/C27H26N4O4/c1-18-25(27(34)31(30(18)2)22-10-5-4-6-11-22)29-26(33)20-8-7-9-21(17-20)28-24(32)16-19-12-14-23(35-3)15-13-19/h4-15,17H,16H2,1-3H3,(H,28,32)(H,29,33). The molecule has 0 saturated heterocycles. The number of carbonyl (C=O) groups excluding carboxylic acids is 2. The normalized spacial score (nSPS) is 10.6. The molecule has 35 heavy (non-hydrogen) atoms. The largest absolute Gasteiger partial charge is 0.497 e. The zero-order valence-corrected chi connectivity index (χ0v) is 19.7. The van der Waals surface area contributed by atoms with Gasteiger partial charge in [-0.25, -0.2) is 4.68 Å². The predicted octanol–water partition coefficient (Wildman–Crippen LogP) is 3.93. The van der Waals surface area contributed by atoms with E-state index in [1.807, 2.05) is 42.5 Å². The van der Waals surface area contributed by atoms with E-state index in [9.17, 15) is 14.4 Å². The molecular formula is C27H26N4O4. The maximum absolute atomic E-state index is 13.1. The van der Waals surface area contributed by atoms with Crippen LogP contribution >= 0.6 is 0 Å². The third-order valence-corrected chi connectivity index (χ3v) is 5.72. The molecule has 0 radical (unpaired) electrons. The molecule has 2 N–H and O–H groups in total. The highest BCUT2D eigenvalue weighted by Gasteiger charge is 2.19. The van der Waals surface area contributed by atoms with Crippen LogP contribution in [-0.4, -0.2) is 28.3 Å². The molecule has 0 fully saturated rings. The zero-order valence-electron chi connectivity index (χ0n) is 19.7. The number of amides is 2. The summed E-state index contributed by atoms with van der Waals surface area (Å²) in [6.07, 6.45) is 0.183. The van der Waals surface area contributed by atoms with Crippen LogP contribution in [0.4, 0.5) is 11.4 Å². The molecule has 4 rings (SSSR count). The fourth-order valence-corrected chi connectivity index (χ4v) is 3.77. The van der Waals surface area contributed by atoms with Gasteiger partial charge in [0.15, 0.2) is 0 Å². The van der Waals surface area contributed by atoms with E-state index in [0.717, 1.165) is 11.3 Å². The number of benzene rings is 3. The molecule has 0 bridgehead atoms. The van der Waals surface area contributed by atoms with E-state index in [2.05, 4.69) is 10.6 Å². The van der Waals surface area contributed by atoms with E-state index >= 15 is 0 Å². The summed E-state index contributed by atoms with van der Waals surface area (Å²) in [7, 11) is 3.35. The van der Waals surface area contributed by atoms with Gasteiger partial charge in [0.05, 0.1) is 24.9 Å². The minimum atomic E-state index is -0.442. The smallest absolute Gasteiger partial charge is 0.295 e. The first-order valence-corrected chi connectivity index (χ1v) is 11.1. The summed E-state index contributed by atoms with van der Waals surface area (Å²) in [5.74, 6) is 0.0664. The fraction of sp³-hybridized carbons (Fsp3) is 0.148. The first-order valence-electron chi connectivity index (χ1n) is 11.1. The first kappa shape index (κ1) is 23.6. The molecule has 4 aromatic rings. The lowest BCUT2D eigenvalue weighted by molar-refractivity contribution is -0.115. The number of anilines is 2. The molecule has 1 heterocycles. The summed E-state index contributed by atoms with van der Waals surface area (Å²) in [5, 5.41) is 5.55. The molecule has 2 amide bonds. The Morgan fingerprint density at radius 1 is 0.914 bits per heavy atom. The topological polar surface area (TPSA) is 94.4 Å². The van der Waals surface area contributed by atoms with Crippen molar-refractivity contribution in [3.63, 3.8) is 0 Å². The molecule has 0 aliphatic rings. The van der Waals surface area contributed by atoms with Crippen molar-refractivity contribution in [2.24, 2.45) is 7.05 Å². The molecule has 1 aromatic heterocycles. The molecule has 0 saturated carbocycles. The van der Waals surface area contributed by atoms with E-state index in [1.54, 1.807) is 62.2 Å². The number of nitrogens with zero attached hydrogens (tertiary/aromatic N) is 2. The third-order valence-electron chi connectivity index (χ3n) is 5.72. The fourth-order valence-electron chi connectivity index (χ4n) is 3.77. The van der Waals surface area contributed by atoms with E-state index < -0.39 is 5.91 Å². The van der Waals surface area contributed by atoms with Gasteiger partial charge in [-0.15, -0.1) is 0 Å². The Hall–Kier alpha value is -4.59. The number of methoxy groups -OCH3 is 1. The SMILES string of the molecule is COc1ccc(CC(=O)Nc2cccc(C(=O)Nc3c(C)n(C)n(-c4ccccc4)c3=O)c2)cc1. The van der Waals surface area contributed by atoms with Gasteiger partial charge in [-0.1, -0.05) is 36.4 Å². The maximum Gasteiger partial charge on any atom is 0.295 e. The van der Waals surface area contributed by atoms with Crippen molar-refractivity contribution in [1.82, 2.24) is 9.36 Å². The Balaban J connectivity index is 1.48. The van der Waals surface area contributed by atoms with Crippen LogP contribution in [0.3, 0.4) is 0 Å². The van der Waals surface area contributed by atoms with Gasteiger partial charge < -0.3 is 15.4 Å². The molecule has 0 unspecified atom stereocenters. The zero-order chi connectivity index (χ0) is 24.9. The van der Waals surface area contributed by atoms with Crippen molar-refractivity contribution in [3.8, 4) is 11.4 Å². The van der Waals surface area contributed by atoms with Crippen LogP contribution in [0.15, 0.2) is 83.7 Å². The molecule has 8 nitrogen and oxygen atoms in total. The van der Waals surface area contributed by atoms with E-state index in [0.29, 0.717) is 22.6 Å². The van der Waals surface area contributed by atoms with Gasteiger partial charge in [0, 0.05) is 18.3 Å². The van der Waals surface area contributed by atoms with Crippen LogP contribution in [0.5, 0.6) is 5.75 Å². The Morgan fingerprint density at radius 2 is 1.63 bits per heavy atom. The van der Waals surface area contributed by atoms with E-state index in [4.69, 9.17) is 4.74 Å². The number of ether oxygens (including phenoxy) is 1. The summed E-state index contributed by atoms with van der Waals surface area (Å²) < 4.78 is 8.33. The molecule has 8 heteroatoms. The van der Waals surface area contributed by atoms with Gasteiger partial charge in [0.1, 0.15) is 11.4 Å². The average molecular weight is 471 g/mol. The van der Waals surface area contributed by atoms with Crippen LogP contribution in [0.2, 0.25) is 0 Å². The maximum atomic E-state index is 13.1. The van der Waals surface area contributed by atoms with Crippen molar-refractivity contribution in [1.29, 1.82) is 0 Å². The van der Waals surface area contributed by atoms with Crippen molar-refractivity contribution >= 4 is 23.2 Å². The number of nitrogens with one attached hydrogen (secondary N) is 2. The Bertz CT molecular complexity index is 1420. The second-order valence-corrected chi connectivity index (χ2v) is 8.04. The van der Waals surface area contributed by atoms with Crippen molar-refractivity contribution < 1.29 is 14.3 Å². The van der Waals surface area contributed by atoms with Crippen LogP contribution in [-0.2, 0) is 18.3 Å². The summed E-state index contributed by atoms with van der Waals surface area (Å²) in [6, 6.07) is 23.0. The lowest BCUT2D eigenvalue weighted by atomic mass is 10.1. The average Bonchev–Trinajstić information content (AvgIpc) is 3.08. The number of hydrogen-bond donors (Lipinski definition) is 2. The Labute approximate surface area is 202 Å². The van der Waals surface area contributed by atoms with Crippen molar-refractivity contribution in [3.05, 3.63) is 106 Å². The Morgan fingerprint density at radius 3 is 2.31 bits per heavy atom. The van der Waals surface area contributed by atoms with Crippen LogP contribution < -0.4 is 20.9 Å². The van der Waals surface area contributed by atoms with E-state index in [-0.39, 0.29) is 23.6 Å². The van der Waals surface area contributed by atoms with Crippen LogP contribution in [0.25, 0.3) is 5.69 Å². The van der Waals surface area contributed by atoms with Gasteiger partial charge in [-0.3, -0.25) is 19.1 Å². The van der Waals surface area contributed by atoms with E-state index in [1.165, 1.54) is 4.68 Å². The second kappa shape index (κ2) is 10.1. The summed E-state index contributed by atoms with van der Waals surface area (Å²) in [5.41, 5.74) is 2.85. The highest BCUT2D eigenvalue weighted by atomic mass is 16.5. The molecule has 0 aliphatic carbocycles. The van der Waals surface area contributed by atoms with Crippen molar-refractivity contribution in [2.45, 2.75) is 13.3 Å². The monoisotopic (exact) mass is 470 g/mol. The predicted molar refractivity (Wildman–Crippen MR) is 135 cm³/mol. The van der Waals surface area contributed by atoms with Gasteiger partial charge >= 0.3 is 0 Å². The summed E-state index contributed by atoms with van der Waals surface area (Å²) in [4.78, 5) is 38.5. The summed E-state index contributed by atoms with van der Waals surface area (Å²) in [6.45, 7) is 1.77. The van der Waals surface area contributed by atoms with Gasteiger partial charge in [0.2, 0.25) is 5.91 Å². The Kier molecular flexibility index (Phi) is 6.82. The number of rotatable bonds is 7. The second-order valence-electron chi connectivity index (χ2n) is 8.04. The van der Waals surface area contributed by atoms with Crippen molar-refractivity contribution in [2.75, 3.05) is 17.7 Å². The van der Waals surface area contributed by atoms with Gasteiger partial charge in [-0.2, -0.15) is 0 Å². The molecular weight excluding hydrogens is 444 g/mol.